The Balaban J connectivity index is 2.21. The van der Waals surface area contributed by atoms with Gasteiger partial charge in [-0.15, -0.1) is 11.3 Å². The Morgan fingerprint density at radius 2 is 2.18 bits per heavy atom. The van der Waals surface area contributed by atoms with E-state index in [1.165, 1.54) is 18.4 Å². The minimum absolute atomic E-state index is 0.155. The Bertz CT molecular complexity index is 423. The highest BCUT2D eigenvalue weighted by Crippen LogP contribution is 2.44. The first kappa shape index (κ1) is 12.1. The van der Waals surface area contributed by atoms with E-state index in [0.717, 1.165) is 11.4 Å². The zero-order valence-corrected chi connectivity index (χ0v) is 10.8. The van der Waals surface area contributed by atoms with Crippen molar-refractivity contribution in [2.45, 2.75) is 19.3 Å². The van der Waals surface area contributed by atoms with E-state index in [0.29, 0.717) is 12.8 Å². The molecule has 0 N–H and O–H groups in total. The molecule has 1 aliphatic carbocycles. The maximum Gasteiger partial charge on any atom is 0.321 e. The highest BCUT2D eigenvalue weighted by molar-refractivity contribution is 7.14. The van der Waals surface area contributed by atoms with E-state index in [-0.39, 0.29) is 5.91 Å². The molecule has 0 atom stereocenters. The van der Waals surface area contributed by atoms with Gasteiger partial charge in [0.05, 0.1) is 12.1 Å². The van der Waals surface area contributed by atoms with E-state index in [9.17, 15) is 9.59 Å². The SMILES string of the molecule is COC(=O)C1(C(=O)N(C)c2cccs2)CCC1. The number of methoxy groups -OCH3 is 1. The number of amides is 1. The molecular weight excluding hydrogens is 238 g/mol. The van der Waals surface area contributed by atoms with Crippen LogP contribution in [0, 0.1) is 5.41 Å². The molecule has 1 aromatic rings. The van der Waals surface area contributed by atoms with Gasteiger partial charge in [-0.05, 0) is 30.4 Å². The summed E-state index contributed by atoms with van der Waals surface area (Å²) >= 11 is 1.48. The molecule has 1 aromatic heterocycles. The van der Waals surface area contributed by atoms with E-state index in [1.54, 1.807) is 11.9 Å². The molecule has 0 saturated heterocycles. The molecule has 0 aromatic carbocycles. The zero-order chi connectivity index (χ0) is 12.5. The summed E-state index contributed by atoms with van der Waals surface area (Å²) in [4.78, 5) is 25.7. The first-order chi connectivity index (χ1) is 8.12. The molecule has 4 nitrogen and oxygen atoms in total. The maximum atomic E-state index is 12.4. The Morgan fingerprint density at radius 3 is 2.59 bits per heavy atom. The summed E-state index contributed by atoms with van der Waals surface area (Å²) in [6.07, 6.45) is 2.08. The average molecular weight is 253 g/mol. The van der Waals surface area contributed by atoms with Crippen LogP contribution in [0.3, 0.4) is 0 Å². The fourth-order valence-electron chi connectivity index (χ4n) is 2.11. The minimum Gasteiger partial charge on any atom is -0.468 e. The van der Waals surface area contributed by atoms with Gasteiger partial charge in [0.2, 0.25) is 5.91 Å². The number of carbonyl (C=O) groups is 2. The Morgan fingerprint density at radius 1 is 1.47 bits per heavy atom. The predicted molar refractivity (Wildman–Crippen MR) is 66.0 cm³/mol. The Labute approximate surface area is 104 Å². The van der Waals surface area contributed by atoms with Gasteiger partial charge in [-0.3, -0.25) is 9.59 Å². The molecule has 1 fully saturated rings. The second kappa shape index (κ2) is 4.49. The Hall–Kier alpha value is -1.36. The highest BCUT2D eigenvalue weighted by atomic mass is 32.1. The van der Waals surface area contributed by atoms with Gasteiger partial charge in [0.25, 0.3) is 0 Å². The van der Waals surface area contributed by atoms with Crippen molar-refractivity contribution in [3.63, 3.8) is 0 Å². The van der Waals surface area contributed by atoms with Gasteiger partial charge in [-0.1, -0.05) is 6.42 Å². The Kier molecular flexibility index (Phi) is 3.19. The topological polar surface area (TPSA) is 46.6 Å². The van der Waals surface area contributed by atoms with Gasteiger partial charge in [0, 0.05) is 7.05 Å². The highest BCUT2D eigenvalue weighted by Gasteiger charge is 2.53. The monoisotopic (exact) mass is 253 g/mol. The third kappa shape index (κ3) is 1.84. The van der Waals surface area contributed by atoms with Gasteiger partial charge in [0.1, 0.15) is 5.41 Å². The van der Waals surface area contributed by atoms with Crippen molar-refractivity contribution in [2.75, 3.05) is 19.1 Å². The van der Waals surface area contributed by atoms with Crippen LogP contribution in [0.2, 0.25) is 0 Å². The van der Waals surface area contributed by atoms with E-state index in [1.807, 2.05) is 17.5 Å². The molecule has 2 rings (SSSR count). The number of nitrogens with zero attached hydrogens (tertiary/aromatic N) is 1. The molecule has 0 radical (unpaired) electrons. The van der Waals surface area contributed by atoms with Crippen molar-refractivity contribution in [3.8, 4) is 0 Å². The lowest BCUT2D eigenvalue weighted by Crippen LogP contribution is -2.52. The van der Waals surface area contributed by atoms with E-state index in [4.69, 9.17) is 4.74 Å². The van der Waals surface area contributed by atoms with Crippen LogP contribution in [-0.4, -0.2) is 26.0 Å². The van der Waals surface area contributed by atoms with Crippen LogP contribution in [-0.2, 0) is 14.3 Å². The number of hydrogen-bond acceptors (Lipinski definition) is 4. The van der Waals surface area contributed by atoms with Crippen molar-refractivity contribution in [3.05, 3.63) is 17.5 Å². The molecule has 0 unspecified atom stereocenters. The number of rotatable bonds is 3. The summed E-state index contributed by atoms with van der Waals surface area (Å²) < 4.78 is 4.76. The molecule has 1 aliphatic rings. The average Bonchev–Trinajstić information content (AvgIpc) is 2.79. The van der Waals surface area contributed by atoms with Gasteiger partial charge in [-0.25, -0.2) is 0 Å². The number of ether oxygens (including phenoxy) is 1. The summed E-state index contributed by atoms with van der Waals surface area (Å²) in [5.74, 6) is -0.560. The largest absolute Gasteiger partial charge is 0.468 e. The summed E-state index contributed by atoms with van der Waals surface area (Å²) in [7, 11) is 3.04. The molecule has 5 heteroatoms. The number of carbonyl (C=O) groups excluding carboxylic acids is 2. The standard InChI is InChI=1S/C12H15NO3S/c1-13(9-5-3-8-17-9)10(14)12(6-4-7-12)11(15)16-2/h3,5,8H,4,6-7H2,1-2H3. The summed E-state index contributed by atoms with van der Waals surface area (Å²) in [5.41, 5.74) is -0.937. The summed E-state index contributed by atoms with van der Waals surface area (Å²) in [5, 5.41) is 2.76. The van der Waals surface area contributed by atoms with Crippen LogP contribution < -0.4 is 4.90 Å². The smallest absolute Gasteiger partial charge is 0.321 e. The molecule has 0 aliphatic heterocycles. The summed E-state index contributed by atoms with van der Waals surface area (Å²) in [6, 6.07) is 3.75. The third-order valence-electron chi connectivity index (χ3n) is 3.33. The predicted octanol–water partition coefficient (Wildman–Crippen LogP) is 2.05. The fraction of sp³-hybridized carbons (Fsp3) is 0.500. The molecule has 92 valence electrons. The first-order valence-electron chi connectivity index (χ1n) is 5.52. The van der Waals surface area contributed by atoms with Gasteiger partial charge in [-0.2, -0.15) is 0 Å². The van der Waals surface area contributed by atoms with Crippen molar-refractivity contribution in [2.24, 2.45) is 5.41 Å². The first-order valence-corrected chi connectivity index (χ1v) is 6.40. The van der Waals surface area contributed by atoms with Crippen molar-refractivity contribution in [1.29, 1.82) is 0 Å². The van der Waals surface area contributed by atoms with Gasteiger partial charge < -0.3 is 9.64 Å². The molecule has 17 heavy (non-hydrogen) atoms. The lowest BCUT2D eigenvalue weighted by molar-refractivity contribution is -0.163. The second-order valence-corrected chi connectivity index (χ2v) is 5.17. The zero-order valence-electron chi connectivity index (χ0n) is 9.93. The molecule has 1 saturated carbocycles. The summed E-state index contributed by atoms with van der Waals surface area (Å²) in [6.45, 7) is 0. The van der Waals surface area contributed by atoms with Crippen LogP contribution in [0.25, 0.3) is 0 Å². The quantitative estimate of drug-likeness (QED) is 0.612. The number of esters is 1. The molecular formula is C12H15NO3S. The maximum absolute atomic E-state index is 12.4. The van der Waals surface area contributed by atoms with Crippen molar-refractivity contribution >= 4 is 28.2 Å². The number of anilines is 1. The number of thiophene rings is 1. The normalized spacial score (nSPS) is 17.1. The van der Waals surface area contributed by atoms with Crippen LogP contribution in [0.1, 0.15) is 19.3 Å². The van der Waals surface area contributed by atoms with Gasteiger partial charge in [0.15, 0.2) is 0 Å². The molecule has 1 amide bonds. The van der Waals surface area contributed by atoms with Crippen LogP contribution >= 0.6 is 11.3 Å². The van der Waals surface area contributed by atoms with Gasteiger partial charge >= 0.3 is 5.97 Å². The molecule has 1 heterocycles. The van der Waals surface area contributed by atoms with Crippen molar-refractivity contribution in [1.82, 2.24) is 0 Å². The van der Waals surface area contributed by atoms with E-state index in [2.05, 4.69) is 0 Å². The molecule has 0 bridgehead atoms. The second-order valence-electron chi connectivity index (χ2n) is 4.24. The van der Waals surface area contributed by atoms with Crippen LogP contribution in [0.4, 0.5) is 5.00 Å². The van der Waals surface area contributed by atoms with E-state index >= 15 is 0 Å². The third-order valence-corrected chi connectivity index (χ3v) is 4.28. The molecule has 0 spiro atoms. The van der Waals surface area contributed by atoms with Crippen LogP contribution in [0.15, 0.2) is 17.5 Å². The lowest BCUT2D eigenvalue weighted by Gasteiger charge is -2.39. The van der Waals surface area contributed by atoms with Crippen molar-refractivity contribution < 1.29 is 14.3 Å². The lowest BCUT2D eigenvalue weighted by atomic mass is 9.68. The minimum atomic E-state index is -0.937. The number of hydrogen-bond donors (Lipinski definition) is 0. The van der Waals surface area contributed by atoms with Crippen LogP contribution in [0.5, 0.6) is 0 Å². The van der Waals surface area contributed by atoms with E-state index < -0.39 is 11.4 Å². The fourth-order valence-corrected chi connectivity index (χ4v) is 2.81.